The molecule has 1 unspecified atom stereocenters. The molecule has 3 rings (SSSR count). The second kappa shape index (κ2) is 9.68. The average Bonchev–Trinajstić information content (AvgIpc) is 3.15. The molecule has 0 saturated carbocycles. The van der Waals surface area contributed by atoms with E-state index in [2.05, 4.69) is 35.0 Å². The van der Waals surface area contributed by atoms with Crippen LogP contribution in [0, 0.1) is 0 Å². The van der Waals surface area contributed by atoms with Crippen LogP contribution in [-0.4, -0.2) is 98.3 Å². The number of rotatable bonds is 6. The fourth-order valence-electron chi connectivity index (χ4n) is 3.74. The number of hydrogen-bond donors (Lipinski definition) is 1. The lowest BCUT2D eigenvalue weighted by atomic mass is 10.2. The van der Waals surface area contributed by atoms with E-state index < -0.39 is 0 Å². The molecule has 2 aliphatic heterocycles. The first kappa shape index (κ1) is 18.8. The Morgan fingerprint density at radius 1 is 1.23 bits per heavy atom. The molecular weight excluding hydrogens is 330 g/mol. The first-order valence-corrected chi connectivity index (χ1v) is 9.52. The molecule has 1 atom stereocenters. The second-order valence-electron chi connectivity index (χ2n) is 6.78. The summed E-state index contributed by atoms with van der Waals surface area (Å²) in [4.78, 5) is 20.3. The largest absolute Gasteiger partial charge is 0.383 e. The van der Waals surface area contributed by atoms with Gasteiger partial charge < -0.3 is 19.9 Å². The maximum absolute atomic E-state index is 5.23. The lowest BCUT2D eigenvalue weighted by molar-refractivity contribution is 0.141. The molecular formula is C18H31N7O. The Bertz CT molecular complexity index is 560. The van der Waals surface area contributed by atoms with Crippen LogP contribution in [0.5, 0.6) is 0 Å². The van der Waals surface area contributed by atoms with Gasteiger partial charge in [0.2, 0.25) is 5.95 Å². The van der Waals surface area contributed by atoms with Crippen LogP contribution in [0.15, 0.2) is 23.5 Å². The first-order chi connectivity index (χ1) is 12.8. The molecule has 3 heterocycles. The van der Waals surface area contributed by atoms with E-state index in [1.807, 2.05) is 13.1 Å². The van der Waals surface area contributed by atoms with Crippen LogP contribution in [0.1, 0.15) is 12.8 Å². The number of methoxy groups -OCH3 is 1. The maximum atomic E-state index is 5.23. The number of nitrogens with zero attached hydrogens (tertiary/aromatic N) is 6. The zero-order valence-electron chi connectivity index (χ0n) is 16.0. The van der Waals surface area contributed by atoms with Gasteiger partial charge in [-0.25, -0.2) is 9.97 Å². The summed E-state index contributed by atoms with van der Waals surface area (Å²) in [6.07, 6.45) is 6.11. The van der Waals surface area contributed by atoms with Gasteiger partial charge in [-0.3, -0.25) is 9.89 Å². The Balaban J connectivity index is 1.46. The Morgan fingerprint density at radius 2 is 2.00 bits per heavy atom. The summed E-state index contributed by atoms with van der Waals surface area (Å²) in [5, 5.41) is 3.59. The van der Waals surface area contributed by atoms with E-state index >= 15 is 0 Å². The number of guanidine groups is 1. The lowest BCUT2D eigenvalue weighted by Gasteiger charge is -2.37. The van der Waals surface area contributed by atoms with Gasteiger partial charge in [-0.15, -0.1) is 0 Å². The highest BCUT2D eigenvalue weighted by molar-refractivity contribution is 5.80. The molecule has 8 nitrogen and oxygen atoms in total. The zero-order chi connectivity index (χ0) is 18.2. The topological polar surface area (TPSA) is 69.1 Å². The quantitative estimate of drug-likeness (QED) is 0.577. The molecule has 1 N–H and O–H groups in total. The number of likely N-dealkylation sites (tertiary alicyclic amines) is 1. The third kappa shape index (κ3) is 4.82. The molecule has 1 aromatic heterocycles. The molecule has 0 amide bonds. The van der Waals surface area contributed by atoms with Crippen LogP contribution in [0.4, 0.5) is 5.95 Å². The average molecular weight is 361 g/mol. The molecule has 26 heavy (non-hydrogen) atoms. The van der Waals surface area contributed by atoms with E-state index in [9.17, 15) is 0 Å². The smallest absolute Gasteiger partial charge is 0.225 e. The fourth-order valence-corrected chi connectivity index (χ4v) is 3.74. The van der Waals surface area contributed by atoms with Gasteiger partial charge in [0.1, 0.15) is 0 Å². The molecule has 2 aliphatic rings. The fraction of sp³-hybridized carbons (Fsp3) is 0.722. The van der Waals surface area contributed by atoms with Crippen LogP contribution >= 0.6 is 0 Å². The van der Waals surface area contributed by atoms with Crippen molar-refractivity contribution in [3.8, 4) is 0 Å². The number of piperazine rings is 1. The second-order valence-corrected chi connectivity index (χ2v) is 6.78. The molecule has 0 radical (unpaired) electrons. The normalized spacial score (nSPS) is 22.1. The van der Waals surface area contributed by atoms with Crippen molar-refractivity contribution in [3.63, 3.8) is 0 Å². The number of anilines is 1. The SMILES string of the molecule is CN=C(NCC1CCCN1CCOC)N1CCN(c2ncccn2)CC1. The molecule has 2 fully saturated rings. The highest BCUT2D eigenvalue weighted by Gasteiger charge is 2.26. The van der Waals surface area contributed by atoms with Crippen molar-refractivity contribution in [3.05, 3.63) is 18.5 Å². The van der Waals surface area contributed by atoms with Crippen LogP contribution in [0.3, 0.4) is 0 Å². The Hall–Kier alpha value is -1.93. The number of aromatic nitrogens is 2. The van der Waals surface area contributed by atoms with Crippen molar-refractivity contribution in [2.24, 2.45) is 4.99 Å². The van der Waals surface area contributed by atoms with E-state index in [1.54, 1.807) is 19.5 Å². The summed E-state index contributed by atoms with van der Waals surface area (Å²) < 4.78 is 5.23. The molecule has 2 saturated heterocycles. The molecule has 0 aliphatic carbocycles. The van der Waals surface area contributed by atoms with Gasteiger partial charge in [0.15, 0.2) is 5.96 Å². The predicted molar refractivity (Wildman–Crippen MR) is 104 cm³/mol. The monoisotopic (exact) mass is 361 g/mol. The predicted octanol–water partition coefficient (Wildman–Crippen LogP) is 0.285. The van der Waals surface area contributed by atoms with Gasteiger partial charge in [-0.1, -0.05) is 0 Å². The van der Waals surface area contributed by atoms with E-state index in [0.29, 0.717) is 6.04 Å². The van der Waals surface area contributed by atoms with Gasteiger partial charge in [-0.05, 0) is 25.5 Å². The Kier molecular flexibility index (Phi) is 7.02. The molecule has 1 aromatic rings. The number of nitrogens with one attached hydrogen (secondary N) is 1. The first-order valence-electron chi connectivity index (χ1n) is 9.52. The van der Waals surface area contributed by atoms with Crippen molar-refractivity contribution in [1.29, 1.82) is 0 Å². The summed E-state index contributed by atoms with van der Waals surface area (Å²) in [6.45, 7) is 7.60. The third-order valence-electron chi connectivity index (χ3n) is 5.20. The number of hydrogen-bond acceptors (Lipinski definition) is 6. The molecule has 144 valence electrons. The van der Waals surface area contributed by atoms with Crippen molar-refractivity contribution in [2.45, 2.75) is 18.9 Å². The Labute approximate surface area is 156 Å². The summed E-state index contributed by atoms with van der Waals surface area (Å²) >= 11 is 0. The van der Waals surface area contributed by atoms with Crippen LogP contribution in [-0.2, 0) is 4.74 Å². The van der Waals surface area contributed by atoms with E-state index in [0.717, 1.165) is 57.8 Å². The van der Waals surface area contributed by atoms with Gasteiger partial charge in [0, 0.05) is 71.9 Å². The Morgan fingerprint density at radius 3 is 2.69 bits per heavy atom. The van der Waals surface area contributed by atoms with Crippen molar-refractivity contribution < 1.29 is 4.74 Å². The molecule has 0 bridgehead atoms. The van der Waals surface area contributed by atoms with Gasteiger partial charge in [0.25, 0.3) is 0 Å². The number of ether oxygens (including phenoxy) is 1. The zero-order valence-corrected chi connectivity index (χ0v) is 16.0. The van der Waals surface area contributed by atoms with Crippen LogP contribution in [0.25, 0.3) is 0 Å². The highest BCUT2D eigenvalue weighted by Crippen LogP contribution is 2.16. The summed E-state index contributed by atoms with van der Waals surface area (Å²) in [5.74, 6) is 1.81. The van der Waals surface area contributed by atoms with Crippen molar-refractivity contribution in [1.82, 2.24) is 25.1 Å². The minimum absolute atomic E-state index is 0.570. The minimum Gasteiger partial charge on any atom is -0.383 e. The van der Waals surface area contributed by atoms with Gasteiger partial charge in [-0.2, -0.15) is 0 Å². The van der Waals surface area contributed by atoms with E-state index in [4.69, 9.17) is 4.74 Å². The molecule has 0 spiro atoms. The standard InChI is InChI=1S/C18H31N7O/c1-19-17(22-15-16-5-3-8-23(16)13-14-26-2)24-9-11-25(12-10-24)18-20-6-4-7-21-18/h4,6-7,16H,3,5,8-15H2,1-2H3,(H,19,22). The molecule has 0 aromatic carbocycles. The highest BCUT2D eigenvalue weighted by atomic mass is 16.5. The summed E-state index contributed by atoms with van der Waals surface area (Å²) in [6, 6.07) is 2.42. The van der Waals surface area contributed by atoms with E-state index in [-0.39, 0.29) is 0 Å². The maximum Gasteiger partial charge on any atom is 0.225 e. The van der Waals surface area contributed by atoms with Crippen molar-refractivity contribution >= 4 is 11.9 Å². The van der Waals surface area contributed by atoms with Gasteiger partial charge in [0.05, 0.1) is 6.61 Å². The minimum atomic E-state index is 0.570. The van der Waals surface area contributed by atoms with E-state index in [1.165, 1.54) is 19.4 Å². The van der Waals surface area contributed by atoms with Crippen molar-refractivity contribution in [2.75, 3.05) is 71.5 Å². The number of aliphatic imine (C=N–C) groups is 1. The lowest BCUT2D eigenvalue weighted by Crippen LogP contribution is -2.54. The van der Waals surface area contributed by atoms with Gasteiger partial charge >= 0.3 is 0 Å². The summed E-state index contributed by atoms with van der Waals surface area (Å²) in [7, 11) is 3.64. The molecule has 8 heteroatoms. The summed E-state index contributed by atoms with van der Waals surface area (Å²) in [5.41, 5.74) is 0. The third-order valence-corrected chi connectivity index (χ3v) is 5.20. The van der Waals surface area contributed by atoms with Crippen LogP contribution < -0.4 is 10.2 Å². The van der Waals surface area contributed by atoms with Crippen LogP contribution in [0.2, 0.25) is 0 Å².